The van der Waals surface area contributed by atoms with Crippen LogP contribution >= 0.6 is 0 Å². The fraction of sp³-hybridized carbons (Fsp3) is 0.500. The summed E-state index contributed by atoms with van der Waals surface area (Å²) in [5.74, 6) is 1.38. The first-order valence-electron chi connectivity index (χ1n) is 6.53. The van der Waals surface area contributed by atoms with E-state index in [9.17, 15) is 0 Å². The second-order valence-corrected chi connectivity index (χ2v) is 4.98. The third-order valence-corrected chi connectivity index (χ3v) is 3.76. The van der Waals surface area contributed by atoms with E-state index in [0.29, 0.717) is 12.0 Å². The van der Waals surface area contributed by atoms with Gasteiger partial charge in [-0.3, -0.25) is 0 Å². The molecule has 2 heterocycles. The van der Waals surface area contributed by atoms with Crippen LogP contribution in [0.5, 0.6) is 0 Å². The number of nitrogens with one attached hydrogen (secondary N) is 2. The number of nitrogens with zero attached hydrogens (tertiary/aromatic N) is 1. The highest BCUT2D eigenvalue weighted by molar-refractivity contribution is 5.73. The number of aromatic nitrogens is 1. The average molecular weight is 245 g/mol. The fourth-order valence-electron chi connectivity index (χ4n) is 2.89. The SMILES string of the molecule is CNC(c1ccc2oc(C)nc2c1)C1CCNC1. The van der Waals surface area contributed by atoms with Crippen molar-refractivity contribution >= 4 is 11.1 Å². The largest absolute Gasteiger partial charge is 0.441 e. The van der Waals surface area contributed by atoms with E-state index < -0.39 is 0 Å². The van der Waals surface area contributed by atoms with Gasteiger partial charge in [0.1, 0.15) is 5.52 Å². The number of aryl methyl sites for hydroxylation is 1. The van der Waals surface area contributed by atoms with Gasteiger partial charge in [0.15, 0.2) is 11.5 Å². The Kier molecular flexibility index (Phi) is 3.06. The van der Waals surface area contributed by atoms with Gasteiger partial charge in [-0.25, -0.2) is 4.98 Å². The minimum absolute atomic E-state index is 0.390. The number of benzene rings is 1. The molecule has 2 N–H and O–H groups in total. The molecule has 1 saturated heterocycles. The summed E-state index contributed by atoms with van der Waals surface area (Å²) in [4.78, 5) is 4.41. The Morgan fingerprint density at radius 1 is 1.50 bits per heavy atom. The molecule has 2 atom stereocenters. The summed E-state index contributed by atoms with van der Waals surface area (Å²) < 4.78 is 5.52. The fourth-order valence-corrected chi connectivity index (χ4v) is 2.89. The lowest BCUT2D eigenvalue weighted by Crippen LogP contribution is -2.26. The second kappa shape index (κ2) is 4.71. The summed E-state index contributed by atoms with van der Waals surface area (Å²) in [5.41, 5.74) is 3.12. The van der Waals surface area contributed by atoms with Gasteiger partial charge in [0.05, 0.1) is 0 Å². The lowest BCUT2D eigenvalue weighted by Gasteiger charge is -2.22. The molecule has 96 valence electrons. The van der Waals surface area contributed by atoms with Gasteiger partial charge in [-0.15, -0.1) is 0 Å². The Bertz CT molecular complexity index is 543. The zero-order chi connectivity index (χ0) is 12.5. The van der Waals surface area contributed by atoms with Gasteiger partial charge in [-0.1, -0.05) is 6.07 Å². The molecule has 0 radical (unpaired) electrons. The first kappa shape index (κ1) is 11.7. The molecule has 2 unspecified atom stereocenters. The van der Waals surface area contributed by atoms with Crippen LogP contribution in [-0.4, -0.2) is 25.1 Å². The Morgan fingerprint density at radius 2 is 2.39 bits per heavy atom. The summed E-state index contributed by atoms with van der Waals surface area (Å²) in [6.45, 7) is 4.09. The number of rotatable bonds is 3. The molecule has 0 amide bonds. The third kappa shape index (κ3) is 2.02. The van der Waals surface area contributed by atoms with E-state index in [1.807, 2.05) is 20.0 Å². The zero-order valence-corrected chi connectivity index (χ0v) is 10.9. The highest BCUT2D eigenvalue weighted by atomic mass is 16.3. The minimum atomic E-state index is 0.390. The van der Waals surface area contributed by atoms with Gasteiger partial charge in [0.25, 0.3) is 0 Å². The Labute approximate surface area is 107 Å². The molecule has 3 rings (SSSR count). The molecule has 0 bridgehead atoms. The maximum absolute atomic E-state index is 5.52. The lowest BCUT2D eigenvalue weighted by molar-refractivity contribution is 0.410. The molecule has 2 aromatic rings. The lowest BCUT2D eigenvalue weighted by atomic mass is 9.92. The molecule has 4 heteroatoms. The van der Waals surface area contributed by atoms with Crippen LogP contribution in [0.3, 0.4) is 0 Å². The van der Waals surface area contributed by atoms with E-state index in [0.717, 1.165) is 30.1 Å². The van der Waals surface area contributed by atoms with Crippen molar-refractivity contribution in [3.8, 4) is 0 Å². The van der Waals surface area contributed by atoms with Crippen LogP contribution in [0.1, 0.15) is 23.9 Å². The van der Waals surface area contributed by atoms with Gasteiger partial charge in [-0.2, -0.15) is 0 Å². The average Bonchev–Trinajstić information content (AvgIpc) is 2.97. The standard InChI is InChI=1S/C14H19N3O/c1-9-17-12-7-10(3-4-13(12)18-9)14(15-2)11-5-6-16-8-11/h3-4,7,11,14-16H,5-6,8H2,1-2H3. The molecule has 1 aromatic heterocycles. The molecule has 1 fully saturated rings. The number of hydrogen-bond donors (Lipinski definition) is 2. The second-order valence-electron chi connectivity index (χ2n) is 4.98. The number of fused-ring (bicyclic) bond motifs is 1. The summed E-state index contributed by atoms with van der Waals surface area (Å²) in [5, 5.41) is 6.86. The Morgan fingerprint density at radius 3 is 3.11 bits per heavy atom. The van der Waals surface area contributed by atoms with Crippen molar-refractivity contribution in [2.45, 2.75) is 19.4 Å². The predicted molar refractivity (Wildman–Crippen MR) is 71.5 cm³/mol. The van der Waals surface area contributed by atoms with E-state index in [1.54, 1.807) is 0 Å². The predicted octanol–water partition coefficient (Wildman–Crippen LogP) is 2.01. The van der Waals surface area contributed by atoms with Crippen LogP contribution in [0, 0.1) is 12.8 Å². The van der Waals surface area contributed by atoms with Crippen LogP contribution in [0.25, 0.3) is 11.1 Å². The van der Waals surface area contributed by atoms with E-state index in [-0.39, 0.29) is 0 Å². The summed E-state index contributed by atoms with van der Waals surface area (Å²) in [7, 11) is 2.03. The monoisotopic (exact) mass is 245 g/mol. The molecule has 0 spiro atoms. The zero-order valence-electron chi connectivity index (χ0n) is 10.9. The summed E-state index contributed by atoms with van der Waals surface area (Å²) in [6.07, 6.45) is 1.22. The summed E-state index contributed by atoms with van der Waals surface area (Å²) in [6, 6.07) is 6.70. The molecule has 0 aliphatic carbocycles. The molecule has 1 aliphatic rings. The number of hydrogen-bond acceptors (Lipinski definition) is 4. The summed E-state index contributed by atoms with van der Waals surface area (Å²) >= 11 is 0. The van der Waals surface area contributed by atoms with Gasteiger partial charge in [0, 0.05) is 13.0 Å². The molecule has 4 nitrogen and oxygen atoms in total. The van der Waals surface area contributed by atoms with Crippen LogP contribution in [0.15, 0.2) is 22.6 Å². The molecular weight excluding hydrogens is 226 g/mol. The van der Waals surface area contributed by atoms with E-state index in [2.05, 4.69) is 27.8 Å². The van der Waals surface area contributed by atoms with Crippen LogP contribution in [-0.2, 0) is 0 Å². The maximum atomic E-state index is 5.52. The van der Waals surface area contributed by atoms with Crippen LogP contribution in [0.2, 0.25) is 0 Å². The van der Waals surface area contributed by atoms with Crippen LogP contribution in [0.4, 0.5) is 0 Å². The molecular formula is C14H19N3O. The highest BCUT2D eigenvalue weighted by Gasteiger charge is 2.25. The Hall–Kier alpha value is -1.39. The van der Waals surface area contributed by atoms with E-state index in [1.165, 1.54) is 12.0 Å². The normalized spacial score (nSPS) is 21.6. The smallest absolute Gasteiger partial charge is 0.192 e. The van der Waals surface area contributed by atoms with Gasteiger partial charge >= 0.3 is 0 Å². The van der Waals surface area contributed by atoms with Crippen molar-refractivity contribution in [1.82, 2.24) is 15.6 Å². The van der Waals surface area contributed by atoms with Crippen molar-refractivity contribution in [1.29, 1.82) is 0 Å². The van der Waals surface area contributed by atoms with Crippen molar-refractivity contribution in [2.75, 3.05) is 20.1 Å². The minimum Gasteiger partial charge on any atom is -0.441 e. The Balaban J connectivity index is 1.95. The van der Waals surface area contributed by atoms with E-state index >= 15 is 0 Å². The maximum Gasteiger partial charge on any atom is 0.192 e. The number of oxazole rings is 1. The highest BCUT2D eigenvalue weighted by Crippen LogP contribution is 2.28. The molecule has 1 aromatic carbocycles. The van der Waals surface area contributed by atoms with Crippen molar-refractivity contribution in [3.05, 3.63) is 29.7 Å². The first-order chi connectivity index (χ1) is 8.78. The van der Waals surface area contributed by atoms with Gasteiger partial charge in [-0.05, 0) is 50.2 Å². The topological polar surface area (TPSA) is 50.1 Å². The molecule has 18 heavy (non-hydrogen) atoms. The van der Waals surface area contributed by atoms with Crippen LogP contribution < -0.4 is 10.6 Å². The third-order valence-electron chi connectivity index (χ3n) is 3.76. The first-order valence-corrected chi connectivity index (χ1v) is 6.53. The van der Waals surface area contributed by atoms with Crippen molar-refractivity contribution < 1.29 is 4.42 Å². The van der Waals surface area contributed by atoms with Crippen molar-refractivity contribution in [3.63, 3.8) is 0 Å². The molecule has 1 aliphatic heterocycles. The quantitative estimate of drug-likeness (QED) is 0.868. The molecule has 0 saturated carbocycles. The van der Waals surface area contributed by atoms with E-state index in [4.69, 9.17) is 4.42 Å². The van der Waals surface area contributed by atoms with Crippen molar-refractivity contribution in [2.24, 2.45) is 5.92 Å². The van der Waals surface area contributed by atoms with Gasteiger partial charge < -0.3 is 15.1 Å². The van der Waals surface area contributed by atoms with Gasteiger partial charge in [0.2, 0.25) is 0 Å².